The van der Waals surface area contributed by atoms with E-state index in [4.69, 9.17) is 9.47 Å². The molecule has 4 nitrogen and oxygen atoms in total. The summed E-state index contributed by atoms with van der Waals surface area (Å²) in [5, 5.41) is 0. The number of benzene rings is 1. The number of hydrogen-bond acceptors (Lipinski definition) is 4. The first-order chi connectivity index (χ1) is 8.65. The largest absolute Gasteiger partial charge is 0.435 e. The van der Waals surface area contributed by atoms with Crippen LogP contribution in [0, 0.1) is 5.82 Å². The molecule has 0 amide bonds. The molecule has 92 valence electrons. The van der Waals surface area contributed by atoms with E-state index in [2.05, 4.69) is 4.98 Å². The van der Waals surface area contributed by atoms with Gasteiger partial charge in [-0.05, 0) is 18.2 Å². The summed E-state index contributed by atoms with van der Waals surface area (Å²) in [5.74, 6) is -0.484. The highest BCUT2D eigenvalue weighted by Gasteiger charge is 2.10. The van der Waals surface area contributed by atoms with Crippen LogP contribution in [0.4, 0.5) is 4.39 Å². The molecule has 0 atom stereocenters. The summed E-state index contributed by atoms with van der Waals surface area (Å²) in [5.41, 5.74) is 0. The molecule has 0 saturated carbocycles. The summed E-state index contributed by atoms with van der Waals surface area (Å²) >= 11 is 0. The quantitative estimate of drug-likeness (QED) is 0.618. The minimum absolute atomic E-state index is 0.0214. The second-order valence-corrected chi connectivity index (χ2v) is 3.45. The summed E-state index contributed by atoms with van der Waals surface area (Å²) in [6.07, 6.45) is 1.56. The first-order valence-electron chi connectivity index (χ1n) is 5.22. The maximum absolute atomic E-state index is 13.1. The van der Waals surface area contributed by atoms with Gasteiger partial charge in [0.2, 0.25) is 5.88 Å². The fourth-order valence-corrected chi connectivity index (χ4v) is 1.32. The van der Waals surface area contributed by atoms with Crippen molar-refractivity contribution in [2.75, 3.05) is 0 Å². The Balaban J connectivity index is 2.29. The third-order valence-electron chi connectivity index (χ3n) is 2.01. The molecule has 0 aliphatic rings. The van der Waals surface area contributed by atoms with Gasteiger partial charge in [-0.2, -0.15) is 0 Å². The van der Waals surface area contributed by atoms with Gasteiger partial charge < -0.3 is 9.47 Å². The van der Waals surface area contributed by atoms with Gasteiger partial charge in [-0.25, -0.2) is 9.37 Å². The zero-order valence-corrected chi connectivity index (χ0v) is 9.59. The van der Waals surface area contributed by atoms with Crippen LogP contribution in [0.25, 0.3) is 0 Å². The average Bonchev–Trinajstić information content (AvgIpc) is 2.33. The molecular formula is C13H10FNO3. The van der Waals surface area contributed by atoms with E-state index in [0.717, 1.165) is 6.07 Å². The van der Waals surface area contributed by atoms with E-state index in [9.17, 15) is 9.18 Å². The molecule has 1 aromatic carbocycles. The first-order valence-corrected chi connectivity index (χ1v) is 5.22. The van der Waals surface area contributed by atoms with E-state index in [0.29, 0.717) is 5.88 Å². The van der Waals surface area contributed by atoms with Crippen LogP contribution >= 0.6 is 0 Å². The number of esters is 1. The summed E-state index contributed by atoms with van der Waals surface area (Å²) in [4.78, 5) is 14.9. The smallest absolute Gasteiger partial charge is 0.308 e. The average molecular weight is 247 g/mol. The summed E-state index contributed by atoms with van der Waals surface area (Å²) in [7, 11) is 0. The third-order valence-corrected chi connectivity index (χ3v) is 2.01. The molecule has 0 N–H and O–H groups in total. The second-order valence-electron chi connectivity index (χ2n) is 3.45. The van der Waals surface area contributed by atoms with Gasteiger partial charge in [0.1, 0.15) is 5.82 Å². The van der Waals surface area contributed by atoms with Gasteiger partial charge >= 0.3 is 5.97 Å². The number of nitrogens with zero attached hydrogens (tertiary/aromatic N) is 1. The predicted molar refractivity (Wildman–Crippen MR) is 62.0 cm³/mol. The predicted octanol–water partition coefficient (Wildman–Crippen LogP) is 2.94. The van der Waals surface area contributed by atoms with Crippen LogP contribution in [-0.2, 0) is 4.79 Å². The number of carbonyl (C=O) groups is 1. The van der Waals surface area contributed by atoms with Gasteiger partial charge in [0.25, 0.3) is 0 Å². The van der Waals surface area contributed by atoms with Crippen molar-refractivity contribution in [1.82, 2.24) is 4.98 Å². The molecule has 1 heterocycles. The molecule has 0 aliphatic carbocycles. The lowest BCUT2D eigenvalue weighted by atomic mass is 10.3. The number of rotatable bonds is 3. The van der Waals surface area contributed by atoms with E-state index < -0.39 is 11.8 Å². The molecule has 0 saturated heterocycles. The van der Waals surface area contributed by atoms with Gasteiger partial charge in [0, 0.05) is 25.3 Å². The van der Waals surface area contributed by atoms with Crippen molar-refractivity contribution in [3.8, 4) is 17.4 Å². The Hall–Kier alpha value is -2.43. The zero-order chi connectivity index (χ0) is 13.0. The molecule has 18 heavy (non-hydrogen) atoms. The van der Waals surface area contributed by atoms with Crippen molar-refractivity contribution in [3.05, 3.63) is 48.4 Å². The fraction of sp³-hybridized carbons (Fsp3) is 0.0769. The maximum Gasteiger partial charge on any atom is 0.308 e. The molecule has 0 unspecified atom stereocenters. The maximum atomic E-state index is 13.1. The van der Waals surface area contributed by atoms with E-state index in [-0.39, 0.29) is 11.5 Å². The Morgan fingerprint density at radius 3 is 2.72 bits per heavy atom. The highest BCUT2D eigenvalue weighted by atomic mass is 19.1. The van der Waals surface area contributed by atoms with Crippen molar-refractivity contribution in [2.45, 2.75) is 6.92 Å². The minimum Gasteiger partial charge on any atom is -0.435 e. The van der Waals surface area contributed by atoms with Crippen molar-refractivity contribution >= 4 is 5.97 Å². The van der Waals surface area contributed by atoms with Crippen molar-refractivity contribution in [1.29, 1.82) is 0 Å². The molecule has 0 bridgehead atoms. The van der Waals surface area contributed by atoms with E-state index in [1.807, 2.05) is 0 Å². The number of carbonyl (C=O) groups excluding carboxylic acids is 1. The Labute approximate surface area is 103 Å². The number of pyridine rings is 1. The monoisotopic (exact) mass is 247 g/mol. The van der Waals surface area contributed by atoms with Crippen LogP contribution < -0.4 is 9.47 Å². The van der Waals surface area contributed by atoms with Gasteiger partial charge in [-0.3, -0.25) is 4.79 Å². The van der Waals surface area contributed by atoms with Crippen molar-refractivity contribution in [3.63, 3.8) is 0 Å². The molecule has 2 aromatic rings. The molecule has 0 radical (unpaired) electrons. The minimum atomic E-state index is -0.550. The lowest BCUT2D eigenvalue weighted by Gasteiger charge is -2.09. The third kappa shape index (κ3) is 3.04. The van der Waals surface area contributed by atoms with Crippen LogP contribution in [0.1, 0.15) is 6.92 Å². The van der Waals surface area contributed by atoms with Gasteiger partial charge in [0.15, 0.2) is 11.5 Å². The Kier molecular flexibility index (Phi) is 3.52. The Bertz CT molecular complexity index is 557. The molecule has 0 spiro atoms. The Morgan fingerprint density at radius 1 is 1.22 bits per heavy atom. The fourth-order valence-electron chi connectivity index (χ4n) is 1.32. The topological polar surface area (TPSA) is 48.4 Å². The molecule has 1 aromatic heterocycles. The number of ether oxygens (including phenoxy) is 2. The lowest BCUT2D eigenvalue weighted by molar-refractivity contribution is -0.132. The summed E-state index contributed by atoms with van der Waals surface area (Å²) in [6, 6.07) is 8.80. The highest BCUT2D eigenvalue weighted by Crippen LogP contribution is 2.31. The second kappa shape index (κ2) is 5.27. The number of halogens is 1. The highest BCUT2D eigenvalue weighted by molar-refractivity contribution is 5.70. The van der Waals surface area contributed by atoms with Gasteiger partial charge in [-0.15, -0.1) is 0 Å². The molecular weight excluding hydrogens is 237 g/mol. The molecule has 0 fully saturated rings. The van der Waals surface area contributed by atoms with E-state index in [1.54, 1.807) is 24.4 Å². The van der Waals surface area contributed by atoms with Gasteiger partial charge in [0.05, 0.1) is 0 Å². The summed E-state index contributed by atoms with van der Waals surface area (Å²) in [6.45, 7) is 1.23. The van der Waals surface area contributed by atoms with Crippen molar-refractivity contribution in [2.24, 2.45) is 0 Å². The first kappa shape index (κ1) is 12.0. The van der Waals surface area contributed by atoms with E-state index >= 15 is 0 Å². The normalized spacial score (nSPS) is 9.89. The van der Waals surface area contributed by atoms with Gasteiger partial charge in [-0.1, -0.05) is 6.07 Å². The molecule has 5 heteroatoms. The Morgan fingerprint density at radius 2 is 2.06 bits per heavy atom. The van der Waals surface area contributed by atoms with Crippen LogP contribution in [0.5, 0.6) is 17.4 Å². The van der Waals surface area contributed by atoms with Crippen LogP contribution in [0.15, 0.2) is 42.6 Å². The molecule has 2 rings (SSSR count). The van der Waals surface area contributed by atoms with Crippen LogP contribution in [0.2, 0.25) is 0 Å². The standard InChI is InChI=1S/C13H10FNO3/c1-9(16)17-12-8-10(14)5-6-11(12)18-13-4-2-3-7-15-13/h2-8H,1H3. The lowest BCUT2D eigenvalue weighted by Crippen LogP contribution is -2.03. The van der Waals surface area contributed by atoms with Crippen LogP contribution in [-0.4, -0.2) is 11.0 Å². The number of hydrogen-bond donors (Lipinski definition) is 0. The van der Waals surface area contributed by atoms with Crippen LogP contribution in [0.3, 0.4) is 0 Å². The van der Waals surface area contributed by atoms with E-state index in [1.165, 1.54) is 19.1 Å². The number of aromatic nitrogens is 1. The molecule has 0 aliphatic heterocycles. The SMILES string of the molecule is CC(=O)Oc1cc(F)ccc1Oc1ccccn1. The van der Waals surface area contributed by atoms with Crippen molar-refractivity contribution < 1.29 is 18.7 Å². The summed E-state index contributed by atoms with van der Waals surface area (Å²) < 4.78 is 23.4. The zero-order valence-electron chi connectivity index (χ0n) is 9.59.